The normalized spacial score (nSPS) is 12.3. The third kappa shape index (κ3) is 3.39. The summed E-state index contributed by atoms with van der Waals surface area (Å²) in [5.74, 6) is 1.24. The molecule has 1 N–H and O–H groups in total. The maximum absolute atomic E-state index is 13.2. The second kappa shape index (κ2) is 7.88. The molecule has 1 amide bonds. The Kier molecular flexibility index (Phi) is 4.89. The molecule has 0 saturated carbocycles. The van der Waals surface area contributed by atoms with Crippen LogP contribution < -0.4 is 20.3 Å². The molecule has 32 heavy (non-hydrogen) atoms. The highest BCUT2D eigenvalue weighted by Gasteiger charge is 2.19. The molecule has 0 aliphatic carbocycles. The van der Waals surface area contributed by atoms with Crippen LogP contribution in [0.15, 0.2) is 59.5 Å². The summed E-state index contributed by atoms with van der Waals surface area (Å²) < 4.78 is 13.9. The van der Waals surface area contributed by atoms with E-state index in [0.29, 0.717) is 29.1 Å². The molecular formula is C24H22N4O4. The van der Waals surface area contributed by atoms with Crippen molar-refractivity contribution in [3.05, 3.63) is 82.0 Å². The molecule has 1 aliphatic rings. The van der Waals surface area contributed by atoms with Gasteiger partial charge in [0.2, 0.25) is 12.7 Å². The monoisotopic (exact) mass is 430 g/mol. The molecule has 2 aromatic carbocycles. The molecule has 0 atom stereocenters. The molecule has 4 aromatic rings. The highest BCUT2D eigenvalue weighted by Crippen LogP contribution is 2.32. The summed E-state index contributed by atoms with van der Waals surface area (Å²) in [6, 6.07) is 14.9. The van der Waals surface area contributed by atoms with E-state index in [1.807, 2.05) is 66.9 Å². The number of para-hydroxylation sites is 1. The molecule has 8 nitrogen and oxygen atoms in total. The number of hydrogen-bond donors (Lipinski definition) is 1. The van der Waals surface area contributed by atoms with Gasteiger partial charge in [-0.25, -0.2) is 0 Å². The zero-order chi connectivity index (χ0) is 22.2. The van der Waals surface area contributed by atoms with Crippen LogP contribution in [0.2, 0.25) is 0 Å². The number of aromatic nitrogens is 3. The quantitative estimate of drug-likeness (QED) is 0.526. The van der Waals surface area contributed by atoms with Crippen LogP contribution in [0.3, 0.4) is 0 Å². The van der Waals surface area contributed by atoms with Crippen LogP contribution in [0.25, 0.3) is 16.5 Å². The van der Waals surface area contributed by atoms with Gasteiger partial charge in [-0.05, 0) is 43.7 Å². The number of rotatable bonds is 5. The highest BCUT2D eigenvalue weighted by molar-refractivity contribution is 5.88. The van der Waals surface area contributed by atoms with Crippen molar-refractivity contribution in [2.45, 2.75) is 26.9 Å². The molecule has 5 rings (SSSR count). The Labute approximate surface area is 184 Å². The van der Waals surface area contributed by atoms with Gasteiger partial charge in [-0.1, -0.05) is 24.3 Å². The van der Waals surface area contributed by atoms with Crippen molar-refractivity contribution in [3.63, 3.8) is 0 Å². The van der Waals surface area contributed by atoms with Crippen molar-refractivity contribution in [2.75, 3.05) is 6.79 Å². The molecule has 0 fully saturated rings. The lowest BCUT2D eigenvalue weighted by molar-refractivity contribution is -0.121. The number of benzene rings is 2. The molecule has 0 radical (unpaired) electrons. The summed E-state index contributed by atoms with van der Waals surface area (Å²) in [6.07, 6.45) is 1.69. The fourth-order valence-corrected chi connectivity index (χ4v) is 4.05. The summed E-state index contributed by atoms with van der Waals surface area (Å²) in [6.45, 7) is 4.45. The first-order valence-corrected chi connectivity index (χ1v) is 10.3. The van der Waals surface area contributed by atoms with Crippen molar-refractivity contribution >= 4 is 16.7 Å². The first-order valence-electron chi connectivity index (χ1n) is 10.3. The Morgan fingerprint density at radius 3 is 2.66 bits per heavy atom. The predicted molar refractivity (Wildman–Crippen MR) is 119 cm³/mol. The van der Waals surface area contributed by atoms with E-state index in [1.165, 1.54) is 4.68 Å². The Hall–Kier alpha value is -4.07. The van der Waals surface area contributed by atoms with Crippen LogP contribution in [0.1, 0.15) is 17.0 Å². The largest absolute Gasteiger partial charge is 0.454 e. The van der Waals surface area contributed by atoms with Crippen molar-refractivity contribution in [3.8, 4) is 17.2 Å². The van der Waals surface area contributed by atoms with Gasteiger partial charge in [0.1, 0.15) is 6.54 Å². The van der Waals surface area contributed by atoms with Gasteiger partial charge in [-0.2, -0.15) is 9.78 Å². The smallest absolute Gasteiger partial charge is 0.281 e. The van der Waals surface area contributed by atoms with Gasteiger partial charge >= 0.3 is 0 Å². The summed E-state index contributed by atoms with van der Waals surface area (Å²) in [5.41, 5.74) is 3.00. The van der Waals surface area contributed by atoms with Crippen LogP contribution in [0, 0.1) is 13.8 Å². The lowest BCUT2D eigenvalue weighted by atomic mass is 10.2. The average Bonchev–Trinajstić information content (AvgIpc) is 3.37. The van der Waals surface area contributed by atoms with Gasteiger partial charge < -0.3 is 19.4 Å². The summed E-state index contributed by atoms with van der Waals surface area (Å²) in [5, 5.41) is 8.60. The minimum absolute atomic E-state index is 0.113. The van der Waals surface area contributed by atoms with E-state index in [2.05, 4.69) is 10.4 Å². The zero-order valence-corrected chi connectivity index (χ0v) is 17.8. The number of ether oxygens (including phenoxy) is 2. The lowest BCUT2D eigenvalue weighted by Gasteiger charge is -2.10. The molecule has 1 aliphatic heterocycles. The first-order chi connectivity index (χ1) is 15.5. The molecular weight excluding hydrogens is 408 g/mol. The molecule has 0 unspecified atom stereocenters. The molecule has 0 spiro atoms. The Bertz CT molecular complexity index is 1390. The van der Waals surface area contributed by atoms with Crippen molar-refractivity contribution in [2.24, 2.45) is 0 Å². The highest BCUT2D eigenvalue weighted by atomic mass is 16.7. The molecule has 0 saturated heterocycles. The number of nitrogens with one attached hydrogen (secondary N) is 1. The van der Waals surface area contributed by atoms with Crippen LogP contribution in [0.4, 0.5) is 0 Å². The van der Waals surface area contributed by atoms with Crippen LogP contribution in [-0.2, 0) is 17.9 Å². The number of carbonyl (C=O) groups is 1. The fraction of sp³-hybridized carbons (Fsp3) is 0.208. The van der Waals surface area contributed by atoms with Gasteiger partial charge in [0.05, 0.1) is 17.3 Å². The van der Waals surface area contributed by atoms with Crippen LogP contribution in [-0.4, -0.2) is 27.0 Å². The maximum Gasteiger partial charge on any atom is 0.281 e. The number of aryl methyl sites for hydroxylation is 2. The summed E-state index contributed by atoms with van der Waals surface area (Å²) >= 11 is 0. The number of nitrogens with zero attached hydrogens (tertiary/aromatic N) is 3. The Balaban J connectivity index is 1.38. The SMILES string of the molecule is Cc1c2cnn(-c3ccccc3)c(=O)c2c(C)n1CC(=O)NCc1ccc2c(c1)OCO2. The van der Waals surface area contributed by atoms with E-state index in [9.17, 15) is 9.59 Å². The van der Waals surface area contributed by atoms with Crippen molar-refractivity contribution in [1.29, 1.82) is 0 Å². The van der Waals surface area contributed by atoms with E-state index >= 15 is 0 Å². The first kappa shape index (κ1) is 19.9. The van der Waals surface area contributed by atoms with Gasteiger partial charge in [0.15, 0.2) is 11.5 Å². The van der Waals surface area contributed by atoms with E-state index in [4.69, 9.17) is 9.47 Å². The number of fused-ring (bicyclic) bond motifs is 2. The standard InChI is InChI=1S/C24H22N4O4/c1-15-19-12-26-28(18-6-4-3-5-7-18)24(30)23(19)16(2)27(15)13-22(29)25-11-17-8-9-20-21(10-17)32-14-31-20/h3-10,12H,11,13-14H2,1-2H3,(H,25,29). The third-order valence-corrected chi connectivity index (χ3v) is 5.77. The number of amides is 1. The molecule has 8 heteroatoms. The number of carbonyl (C=O) groups excluding carboxylic acids is 1. The minimum Gasteiger partial charge on any atom is -0.454 e. The fourth-order valence-electron chi connectivity index (χ4n) is 4.05. The van der Waals surface area contributed by atoms with E-state index in [1.54, 1.807) is 6.20 Å². The molecule has 0 bridgehead atoms. The number of hydrogen-bond acceptors (Lipinski definition) is 5. The molecule has 3 heterocycles. The lowest BCUT2D eigenvalue weighted by Crippen LogP contribution is -2.28. The van der Waals surface area contributed by atoms with Crippen molar-refractivity contribution < 1.29 is 14.3 Å². The van der Waals surface area contributed by atoms with Gasteiger partial charge in [-0.3, -0.25) is 9.59 Å². The maximum atomic E-state index is 13.2. The van der Waals surface area contributed by atoms with E-state index < -0.39 is 0 Å². The van der Waals surface area contributed by atoms with Crippen LogP contribution >= 0.6 is 0 Å². The van der Waals surface area contributed by atoms with Crippen LogP contribution in [0.5, 0.6) is 11.5 Å². The minimum atomic E-state index is -0.200. The van der Waals surface area contributed by atoms with Crippen molar-refractivity contribution in [1.82, 2.24) is 19.7 Å². The second-order valence-corrected chi connectivity index (χ2v) is 7.71. The Morgan fingerprint density at radius 2 is 1.84 bits per heavy atom. The van der Waals surface area contributed by atoms with E-state index in [0.717, 1.165) is 22.3 Å². The molecule has 162 valence electrons. The average molecular weight is 430 g/mol. The summed E-state index contributed by atoms with van der Waals surface area (Å²) in [7, 11) is 0. The second-order valence-electron chi connectivity index (χ2n) is 7.71. The Morgan fingerprint density at radius 1 is 1.06 bits per heavy atom. The van der Waals surface area contributed by atoms with Gasteiger partial charge in [-0.15, -0.1) is 0 Å². The summed E-state index contributed by atoms with van der Waals surface area (Å²) in [4.78, 5) is 25.9. The van der Waals surface area contributed by atoms with Gasteiger partial charge in [0.25, 0.3) is 5.56 Å². The zero-order valence-electron chi connectivity index (χ0n) is 17.8. The van der Waals surface area contributed by atoms with Gasteiger partial charge in [0, 0.05) is 23.3 Å². The predicted octanol–water partition coefficient (Wildman–Crippen LogP) is 2.85. The topological polar surface area (TPSA) is 87.4 Å². The van der Waals surface area contributed by atoms with E-state index in [-0.39, 0.29) is 24.8 Å². The third-order valence-electron chi connectivity index (χ3n) is 5.77. The molecule has 2 aromatic heterocycles.